The molecular formula is C13H18O. The van der Waals surface area contributed by atoms with Gasteiger partial charge in [-0.05, 0) is 18.1 Å². The Morgan fingerprint density at radius 2 is 1.79 bits per heavy atom. The minimum atomic E-state index is 0.501. The van der Waals surface area contributed by atoms with Gasteiger partial charge in [0.05, 0.1) is 0 Å². The van der Waals surface area contributed by atoms with E-state index in [1.807, 2.05) is 57.2 Å². The van der Waals surface area contributed by atoms with Gasteiger partial charge in [-0.1, -0.05) is 50.3 Å². The summed E-state index contributed by atoms with van der Waals surface area (Å²) in [6, 6.07) is 9.95. The highest BCUT2D eigenvalue weighted by atomic mass is 16.1. The van der Waals surface area contributed by atoms with Crippen LogP contribution in [0.1, 0.15) is 32.8 Å². The van der Waals surface area contributed by atoms with Crippen molar-refractivity contribution in [2.45, 2.75) is 27.2 Å². The molecule has 76 valence electrons. The van der Waals surface area contributed by atoms with Crippen LogP contribution in [0.25, 0.3) is 5.57 Å². The van der Waals surface area contributed by atoms with Crippen molar-refractivity contribution >= 4 is 11.9 Å². The topological polar surface area (TPSA) is 17.1 Å². The minimum Gasteiger partial charge on any atom is -0.303 e. The number of carbonyl (C=O) groups excluding carboxylic acids is 1. The predicted molar refractivity (Wildman–Crippen MR) is 62.1 cm³/mol. The van der Waals surface area contributed by atoms with E-state index in [0.29, 0.717) is 6.42 Å². The molecule has 0 spiro atoms. The fourth-order valence-electron chi connectivity index (χ4n) is 1.14. The van der Waals surface area contributed by atoms with Crippen LogP contribution in [-0.4, -0.2) is 6.29 Å². The molecule has 14 heavy (non-hydrogen) atoms. The van der Waals surface area contributed by atoms with E-state index >= 15 is 0 Å². The zero-order chi connectivity index (χ0) is 10.8. The summed E-state index contributed by atoms with van der Waals surface area (Å²) in [4.78, 5) is 10.3. The molecule has 0 aliphatic rings. The molecule has 0 heterocycles. The minimum absolute atomic E-state index is 0.501. The number of benzene rings is 1. The molecule has 0 atom stereocenters. The number of hydrogen-bond acceptors (Lipinski definition) is 1. The highest BCUT2D eigenvalue weighted by Gasteiger charge is 1.96. The Morgan fingerprint density at radius 3 is 2.21 bits per heavy atom. The second-order valence-corrected chi connectivity index (χ2v) is 2.55. The van der Waals surface area contributed by atoms with Gasteiger partial charge in [0, 0.05) is 6.42 Å². The molecule has 1 nitrogen and oxygen atoms in total. The van der Waals surface area contributed by atoms with Crippen LogP contribution in [0.2, 0.25) is 0 Å². The molecule has 0 aliphatic carbocycles. The maximum atomic E-state index is 10.3. The Bertz CT molecular complexity index is 273. The Hall–Kier alpha value is -1.37. The van der Waals surface area contributed by atoms with Crippen molar-refractivity contribution in [2.24, 2.45) is 0 Å². The predicted octanol–water partition coefficient (Wildman–Crippen LogP) is 3.71. The SMILES string of the molecule is C/C=C(/CC=O)c1ccccc1.CC. The van der Waals surface area contributed by atoms with Gasteiger partial charge in [0.15, 0.2) is 0 Å². The van der Waals surface area contributed by atoms with Crippen molar-refractivity contribution in [3.8, 4) is 0 Å². The van der Waals surface area contributed by atoms with E-state index in [1.54, 1.807) is 0 Å². The maximum absolute atomic E-state index is 10.3. The lowest BCUT2D eigenvalue weighted by molar-refractivity contribution is -0.107. The first-order chi connectivity index (χ1) is 6.88. The van der Waals surface area contributed by atoms with E-state index in [-0.39, 0.29) is 0 Å². The molecule has 0 fully saturated rings. The van der Waals surface area contributed by atoms with Crippen LogP contribution in [0.4, 0.5) is 0 Å². The number of hydrogen-bond donors (Lipinski definition) is 0. The molecule has 0 aliphatic heterocycles. The maximum Gasteiger partial charge on any atom is 0.124 e. The summed E-state index contributed by atoms with van der Waals surface area (Å²) >= 11 is 0. The first-order valence-electron chi connectivity index (χ1n) is 5.02. The summed E-state index contributed by atoms with van der Waals surface area (Å²) in [5.74, 6) is 0. The van der Waals surface area contributed by atoms with Gasteiger partial charge in [-0.15, -0.1) is 0 Å². The average Bonchev–Trinajstić information content (AvgIpc) is 2.30. The van der Waals surface area contributed by atoms with Crippen molar-refractivity contribution < 1.29 is 4.79 Å². The summed E-state index contributed by atoms with van der Waals surface area (Å²) in [6.45, 7) is 5.95. The third kappa shape index (κ3) is 4.04. The van der Waals surface area contributed by atoms with Crippen LogP contribution in [0.15, 0.2) is 36.4 Å². The normalized spacial score (nSPS) is 10.1. The van der Waals surface area contributed by atoms with E-state index in [2.05, 4.69) is 0 Å². The summed E-state index contributed by atoms with van der Waals surface area (Å²) in [6.07, 6.45) is 3.41. The number of rotatable bonds is 3. The van der Waals surface area contributed by atoms with Gasteiger partial charge in [0.1, 0.15) is 6.29 Å². The van der Waals surface area contributed by atoms with E-state index in [9.17, 15) is 4.79 Å². The third-order valence-corrected chi connectivity index (χ3v) is 1.80. The summed E-state index contributed by atoms with van der Waals surface area (Å²) in [7, 11) is 0. The zero-order valence-corrected chi connectivity index (χ0v) is 9.16. The summed E-state index contributed by atoms with van der Waals surface area (Å²) in [5, 5.41) is 0. The van der Waals surface area contributed by atoms with Crippen LogP contribution in [0, 0.1) is 0 Å². The molecule has 1 rings (SSSR count). The van der Waals surface area contributed by atoms with Crippen molar-refractivity contribution in [1.29, 1.82) is 0 Å². The van der Waals surface area contributed by atoms with Gasteiger partial charge < -0.3 is 4.79 Å². The highest BCUT2D eigenvalue weighted by Crippen LogP contribution is 2.15. The molecule has 1 aromatic carbocycles. The average molecular weight is 190 g/mol. The molecule has 0 unspecified atom stereocenters. The molecule has 0 amide bonds. The first kappa shape index (κ1) is 12.6. The summed E-state index contributed by atoms with van der Waals surface area (Å²) in [5.41, 5.74) is 2.22. The zero-order valence-electron chi connectivity index (χ0n) is 9.16. The van der Waals surface area contributed by atoms with Gasteiger partial charge >= 0.3 is 0 Å². The Morgan fingerprint density at radius 1 is 1.21 bits per heavy atom. The quantitative estimate of drug-likeness (QED) is 0.664. The van der Waals surface area contributed by atoms with Gasteiger partial charge in [-0.3, -0.25) is 0 Å². The van der Waals surface area contributed by atoms with E-state index < -0.39 is 0 Å². The second-order valence-electron chi connectivity index (χ2n) is 2.55. The fourth-order valence-corrected chi connectivity index (χ4v) is 1.14. The number of aldehydes is 1. The number of carbonyl (C=O) groups is 1. The van der Waals surface area contributed by atoms with Crippen LogP contribution >= 0.6 is 0 Å². The molecule has 0 saturated carbocycles. The van der Waals surface area contributed by atoms with Crippen LogP contribution in [0.5, 0.6) is 0 Å². The molecule has 0 bridgehead atoms. The van der Waals surface area contributed by atoms with Crippen LogP contribution in [0.3, 0.4) is 0 Å². The second kappa shape index (κ2) is 8.24. The van der Waals surface area contributed by atoms with E-state index in [0.717, 1.165) is 17.4 Å². The lowest BCUT2D eigenvalue weighted by atomic mass is 10.0. The monoisotopic (exact) mass is 190 g/mol. The number of allylic oxidation sites excluding steroid dienone is 2. The molecular weight excluding hydrogens is 172 g/mol. The lowest BCUT2D eigenvalue weighted by Gasteiger charge is -2.01. The first-order valence-corrected chi connectivity index (χ1v) is 5.02. The van der Waals surface area contributed by atoms with Crippen molar-refractivity contribution in [3.63, 3.8) is 0 Å². The van der Waals surface area contributed by atoms with Crippen LogP contribution in [-0.2, 0) is 4.79 Å². The van der Waals surface area contributed by atoms with E-state index in [1.165, 1.54) is 0 Å². The molecule has 0 radical (unpaired) electrons. The van der Waals surface area contributed by atoms with Gasteiger partial charge in [0.2, 0.25) is 0 Å². The van der Waals surface area contributed by atoms with Crippen LogP contribution < -0.4 is 0 Å². The molecule has 1 aromatic rings. The van der Waals surface area contributed by atoms with E-state index in [4.69, 9.17) is 0 Å². The van der Waals surface area contributed by atoms with Gasteiger partial charge in [-0.2, -0.15) is 0 Å². The fraction of sp³-hybridized carbons (Fsp3) is 0.308. The lowest BCUT2D eigenvalue weighted by Crippen LogP contribution is -1.84. The van der Waals surface area contributed by atoms with Crippen molar-refractivity contribution in [3.05, 3.63) is 42.0 Å². The van der Waals surface area contributed by atoms with Gasteiger partial charge in [0.25, 0.3) is 0 Å². The largest absolute Gasteiger partial charge is 0.303 e. The van der Waals surface area contributed by atoms with Crippen molar-refractivity contribution in [1.82, 2.24) is 0 Å². The van der Waals surface area contributed by atoms with Gasteiger partial charge in [-0.25, -0.2) is 0 Å². The Balaban J connectivity index is 0.000000791. The highest BCUT2D eigenvalue weighted by molar-refractivity contribution is 5.76. The Labute approximate surface area is 86.5 Å². The molecule has 0 aromatic heterocycles. The molecule has 0 saturated heterocycles. The standard InChI is InChI=1S/C11H12O.C2H6/c1-2-10(8-9-12)11-6-4-3-5-7-11;1-2/h2-7,9H,8H2,1H3;1-2H3/b10-2-;. The summed E-state index contributed by atoms with van der Waals surface area (Å²) < 4.78 is 0. The third-order valence-electron chi connectivity index (χ3n) is 1.80. The smallest absolute Gasteiger partial charge is 0.124 e. The van der Waals surface area contributed by atoms with Crippen molar-refractivity contribution in [2.75, 3.05) is 0 Å². The molecule has 0 N–H and O–H groups in total. The molecule has 1 heteroatoms. The Kier molecular flexibility index (Phi) is 7.43.